The molecule has 0 saturated heterocycles. The number of nitrogens with one attached hydrogen (secondary N) is 1. The van der Waals surface area contributed by atoms with Crippen molar-refractivity contribution in [3.8, 4) is 5.75 Å². The van der Waals surface area contributed by atoms with Crippen LogP contribution in [0.5, 0.6) is 5.75 Å². The Bertz CT molecular complexity index is 363. The van der Waals surface area contributed by atoms with E-state index in [0.29, 0.717) is 0 Å². The summed E-state index contributed by atoms with van der Waals surface area (Å²) < 4.78 is 5.37. The lowest BCUT2D eigenvalue weighted by Gasteiger charge is -2.19. The summed E-state index contributed by atoms with van der Waals surface area (Å²) >= 11 is 0. The molecule has 3 heteroatoms. The predicted molar refractivity (Wildman–Crippen MR) is 71.8 cm³/mol. The van der Waals surface area contributed by atoms with Gasteiger partial charge in [0.25, 0.3) is 0 Å². The number of hydrogen-bond donors (Lipinski definition) is 2. The summed E-state index contributed by atoms with van der Waals surface area (Å²) in [6.07, 6.45) is 4.98. The standard InChI is InChI=1S/C14H22N2O/c1-4-5-6-7-13(16-15)12-10-11(2)8-9-14(12)17-3/h4,8-10,13,16H,1,5-7,15H2,2-3H3. The summed E-state index contributed by atoms with van der Waals surface area (Å²) in [5, 5.41) is 0. The molecule has 1 aromatic rings. The number of nitrogens with two attached hydrogens (primary N) is 1. The van der Waals surface area contributed by atoms with Crippen molar-refractivity contribution >= 4 is 0 Å². The van der Waals surface area contributed by atoms with Gasteiger partial charge >= 0.3 is 0 Å². The van der Waals surface area contributed by atoms with Gasteiger partial charge in [-0.15, -0.1) is 6.58 Å². The fraction of sp³-hybridized carbons (Fsp3) is 0.429. The highest BCUT2D eigenvalue weighted by Gasteiger charge is 2.14. The lowest BCUT2D eigenvalue weighted by molar-refractivity contribution is 0.394. The van der Waals surface area contributed by atoms with Gasteiger partial charge < -0.3 is 4.74 Å². The van der Waals surface area contributed by atoms with E-state index in [4.69, 9.17) is 10.6 Å². The molecule has 1 atom stereocenters. The number of hydrogen-bond acceptors (Lipinski definition) is 3. The first-order valence-electron chi connectivity index (χ1n) is 5.94. The highest BCUT2D eigenvalue weighted by Crippen LogP contribution is 2.28. The largest absolute Gasteiger partial charge is 0.496 e. The summed E-state index contributed by atoms with van der Waals surface area (Å²) in [7, 11) is 1.69. The molecule has 0 aliphatic heterocycles. The van der Waals surface area contributed by atoms with Crippen LogP contribution in [0.4, 0.5) is 0 Å². The van der Waals surface area contributed by atoms with E-state index >= 15 is 0 Å². The minimum atomic E-state index is 0.129. The van der Waals surface area contributed by atoms with Crippen LogP contribution in [0.25, 0.3) is 0 Å². The van der Waals surface area contributed by atoms with Gasteiger partial charge in [0.2, 0.25) is 0 Å². The molecule has 0 saturated carbocycles. The third-order valence-electron chi connectivity index (χ3n) is 2.86. The van der Waals surface area contributed by atoms with Crippen LogP contribution in [0.3, 0.4) is 0 Å². The number of methoxy groups -OCH3 is 1. The third kappa shape index (κ3) is 3.88. The monoisotopic (exact) mass is 234 g/mol. The molecule has 0 radical (unpaired) electrons. The molecule has 0 fully saturated rings. The number of rotatable bonds is 7. The SMILES string of the molecule is C=CCCCC(NN)c1cc(C)ccc1OC. The van der Waals surface area contributed by atoms with Crippen LogP contribution in [0, 0.1) is 6.92 Å². The van der Waals surface area contributed by atoms with Crippen LogP contribution < -0.4 is 16.0 Å². The Morgan fingerprint density at radius 3 is 2.88 bits per heavy atom. The van der Waals surface area contributed by atoms with Crippen LogP contribution in [-0.4, -0.2) is 7.11 Å². The van der Waals surface area contributed by atoms with Crippen molar-refractivity contribution in [2.75, 3.05) is 7.11 Å². The van der Waals surface area contributed by atoms with Gasteiger partial charge in [0.1, 0.15) is 5.75 Å². The number of hydrazine groups is 1. The molecule has 17 heavy (non-hydrogen) atoms. The molecule has 0 spiro atoms. The lowest BCUT2D eigenvalue weighted by Crippen LogP contribution is -2.28. The van der Waals surface area contributed by atoms with Crippen LogP contribution in [-0.2, 0) is 0 Å². The molecule has 1 aromatic carbocycles. The minimum Gasteiger partial charge on any atom is -0.496 e. The second-order valence-electron chi connectivity index (χ2n) is 4.18. The fourth-order valence-electron chi connectivity index (χ4n) is 1.92. The van der Waals surface area contributed by atoms with Crippen LogP contribution >= 0.6 is 0 Å². The molecule has 3 nitrogen and oxygen atoms in total. The lowest BCUT2D eigenvalue weighted by atomic mass is 9.99. The molecule has 0 amide bonds. The molecule has 0 aliphatic rings. The second-order valence-corrected chi connectivity index (χ2v) is 4.18. The summed E-state index contributed by atoms with van der Waals surface area (Å²) in [6, 6.07) is 6.28. The Labute approximate surface area is 104 Å². The first kappa shape index (κ1) is 13.7. The molecule has 3 N–H and O–H groups in total. The zero-order valence-electron chi connectivity index (χ0n) is 10.7. The smallest absolute Gasteiger partial charge is 0.123 e. The normalized spacial score (nSPS) is 12.2. The highest BCUT2D eigenvalue weighted by molar-refractivity contribution is 5.39. The van der Waals surface area contributed by atoms with E-state index in [1.807, 2.05) is 18.2 Å². The zero-order valence-corrected chi connectivity index (χ0v) is 10.7. The van der Waals surface area contributed by atoms with Gasteiger partial charge in [-0.3, -0.25) is 11.3 Å². The van der Waals surface area contributed by atoms with Gasteiger partial charge in [-0.2, -0.15) is 0 Å². The van der Waals surface area contributed by atoms with Crippen LogP contribution in [0.1, 0.15) is 36.4 Å². The average Bonchev–Trinajstić information content (AvgIpc) is 2.35. The maximum Gasteiger partial charge on any atom is 0.123 e. The molecule has 1 rings (SSSR count). The summed E-state index contributed by atoms with van der Waals surface area (Å²) in [6.45, 7) is 5.80. The number of ether oxygens (including phenoxy) is 1. The molecule has 1 unspecified atom stereocenters. The van der Waals surface area contributed by atoms with Gasteiger partial charge in [-0.25, -0.2) is 0 Å². The van der Waals surface area contributed by atoms with Crippen molar-refractivity contribution in [3.63, 3.8) is 0 Å². The molecular weight excluding hydrogens is 212 g/mol. The van der Waals surface area contributed by atoms with Crippen molar-refractivity contribution < 1.29 is 4.74 Å². The highest BCUT2D eigenvalue weighted by atomic mass is 16.5. The topological polar surface area (TPSA) is 47.3 Å². The Kier molecular flexibility index (Phi) is 5.73. The van der Waals surface area contributed by atoms with Crippen molar-refractivity contribution in [1.29, 1.82) is 0 Å². The summed E-state index contributed by atoms with van der Waals surface area (Å²) in [5.74, 6) is 6.52. The zero-order chi connectivity index (χ0) is 12.7. The average molecular weight is 234 g/mol. The van der Waals surface area contributed by atoms with Gasteiger partial charge in [-0.05, 0) is 32.3 Å². The third-order valence-corrected chi connectivity index (χ3v) is 2.86. The first-order valence-corrected chi connectivity index (χ1v) is 5.94. The summed E-state index contributed by atoms with van der Waals surface area (Å²) in [4.78, 5) is 0. The fourth-order valence-corrected chi connectivity index (χ4v) is 1.92. The quantitative estimate of drug-likeness (QED) is 0.330. The van der Waals surface area contributed by atoms with E-state index in [0.717, 1.165) is 30.6 Å². The van der Waals surface area contributed by atoms with E-state index < -0.39 is 0 Å². The minimum absolute atomic E-state index is 0.129. The molecule has 0 aromatic heterocycles. The van der Waals surface area contributed by atoms with Crippen molar-refractivity contribution in [2.45, 2.75) is 32.2 Å². The van der Waals surface area contributed by atoms with E-state index in [-0.39, 0.29) is 6.04 Å². The van der Waals surface area contributed by atoms with Crippen molar-refractivity contribution in [2.24, 2.45) is 5.84 Å². The molecule has 0 heterocycles. The number of benzene rings is 1. The molecule has 94 valence electrons. The molecule has 0 aliphatic carbocycles. The summed E-state index contributed by atoms with van der Waals surface area (Å²) in [5.41, 5.74) is 5.20. The van der Waals surface area contributed by atoms with Gasteiger partial charge in [0.15, 0.2) is 0 Å². The Morgan fingerprint density at radius 1 is 1.53 bits per heavy atom. The number of aryl methyl sites for hydroxylation is 1. The van der Waals surface area contributed by atoms with Gasteiger partial charge in [0.05, 0.1) is 7.11 Å². The van der Waals surface area contributed by atoms with Crippen LogP contribution in [0.2, 0.25) is 0 Å². The van der Waals surface area contributed by atoms with E-state index in [1.165, 1.54) is 5.56 Å². The van der Waals surface area contributed by atoms with Gasteiger partial charge in [-0.1, -0.05) is 23.8 Å². The molecular formula is C14H22N2O. The van der Waals surface area contributed by atoms with E-state index in [2.05, 4.69) is 25.0 Å². The Hall–Kier alpha value is -1.32. The Balaban J connectivity index is 2.85. The van der Waals surface area contributed by atoms with E-state index in [1.54, 1.807) is 7.11 Å². The Morgan fingerprint density at radius 2 is 2.29 bits per heavy atom. The second kappa shape index (κ2) is 7.09. The first-order chi connectivity index (χ1) is 8.22. The van der Waals surface area contributed by atoms with Crippen molar-refractivity contribution in [1.82, 2.24) is 5.43 Å². The number of allylic oxidation sites excluding steroid dienone is 1. The predicted octanol–water partition coefficient (Wildman–Crippen LogP) is 2.86. The maximum atomic E-state index is 5.63. The van der Waals surface area contributed by atoms with Gasteiger partial charge in [0, 0.05) is 11.6 Å². The maximum absolute atomic E-state index is 5.63. The molecule has 0 bridgehead atoms. The van der Waals surface area contributed by atoms with Crippen LogP contribution in [0.15, 0.2) is 30.9 Å². The van der Waals surface area contributed by atoms with E-state index in [9.17, 15) is 0 Å². The van der Waals surface area contributed by atoms with Crippen molar-refractivity contribution in [3.05, 3.63) is 42.0 Å². The number of unbranched alkanes of at least 4 members (excludes halogenated alkanes) is 1.